The van der Waals surface area contributed by atoms with E-state index >= 15 is 0 Å². The quantitative estimate of drug-likeness (QED) is 0.763. The van der Waals surface area contributed by atoms with Crippen LogP contribution in [-0.4, -0.2) is 13.2 Å². The summed E-state index contributed by atoms with van der Waals surface area (Å²) >= 11 is 0. The summed E-state index contributed by atoms with van der Waals surface area (Å²) in [4.78, 5) is 0. The fraction of sp³-hybridized carbons (Fsp3) is 0.647. The standard InChI is InChI=1S/C17H29NO/c1-5-6-14(4)17(11-18)15-7-9-16(10-8-15)19-12-13(2)3/h7-10,13-14,17H,5-6,11-12,18H2,1-4H3. The molecule has 0 saturated heterocycles. The maximum atomic E-state index is 5.94. The molecule has 2 N–H and O–H groups in total. The van der Waals surface area contributed by atoms with Gasteiger partial charge in [0.15, 0.2) is 0 Å². The van der Waals surface area contributed by atoms with Crippen LogP contribution in [0.15, 0.2) is 24.3 Å². The van der Waals surface area contributed by atoms with Crippen molar-refractivity contribution >= 4 is 0 Å². The van der Waals surface area contributed by atoms with Gasteiger partial charge in [-0.15, -0.1) is 0 Å². The molecule has 1 aromatic carbocycles. The lowest BCUT2D eigenvalue weighted by Crippen LogP contribution is -2.19. The van der Waals surface area contributed by atoms with Gasteiger partial charge in [0.05, 0.1) is 6.61 Å². The molecular formula is C17H29NO. The van der Waals surface area contributed by atoms with E-state index < -0.39 is 0 Å². The first-order valence-electron chi connectivity index (χ1n) is 7.51. The summed E-state index contributed by atoms with van der Waals surface area (Å²) in [5.74, 6) is 2.61. The maximum Gasteiger partial charge on any atom is 0.119 e. The highest BCUT2D eigenvalue weighted by Crippen LogP contribution is 2.28. The van der Waals surface area contributed by atoms with Crippen LogP contribution >= 0.6 is 0 Å². The Kier molecular flexibility index (Phi) is 6.93. The topological polar surface area (TPSA) is 35.2 Å². The van der Waals surface area contributed by atoms with Crippen LogP contribution in [0.1, 0.15) is 52.0 Å². The SMILES string of the molecule is CCCC(C)C(CN)c1ccc(OCC(C)C)cc1. The summed E-state index contributed by atoms with van der Waals surface area (Å²) in [5, 5.41) is 0. The molecular weight excluding hydrogens is 234 g/mol. The predicted molar refractivity (Wildman–Crippen MR) is 82.6 cm³/mol. The first-order valence-corrected chi connectivity index (χ1v) is 7.51. The Balaban J connectivity index is 2.67. The molecule has 1 rings (SSSR count). The van der Waals surface area contributed by atoms with Crippen molar-refractivity contribution in [2.45, 2.75) is 46.5 Å². The second-order valence-corrected chi connectivity index (χ2v) is 5.88. The lowest BCUT2D eigenvalue weighted by atomic mass is 9.84. The van der Waals surface area contributed by atoms with Gasteiger partial charge in [0.25, 0.3) is 0 Å². The highest BCUT2D eigenvalue weighted by atomic mass is 16.5. The zero-order chi connectivity index (χ0) is 14.3. The van der Waals surface area contributed by atoms with Gasteiger partial charge in [-0.1, -0.05) is 52.7 Å². The Labute approximate surface area is 118 Å². The highest BCUT2D eigenvalue weighted by molar-refractivity contribution is 5.30. The van der Waals surface area contributed by atoms with Crippen LogP contribution in [0.2, 0.25) is 0 Å². The molecule has 0 aliphatic rings. The molecule has 0 bridgehead atoms. The number of hydrogen-bond acceptors (Lipinski definition) is 2. The molecule has 1 aromatic rings. The van der Waals surface area contributed by atoms with Crippen LogP contribution in [0.4, 0.5) is 0 Å². The Hall–Kier alpha value is -1.02. The van der Waals surface area contributed by atoms with Gasteiger partial charge < -0.3 is 10.5 Å². The number of rotatable bonds is 8. The van der Waals surface area contributed by atoms with E-state index in [9.17, 15) is 0 Å². The van der Waals surface area contributed by atoms with Crippen molar-refractivity contribution in [3.8, 4) is 5.75 Å². The van der Waals surface area contributed by atoms with Crippen molar-refractivity contribution in [2.75, 3.05) is 13.2 Å². The van der Waals surface area contributed by atoms with E-state index in [2.05, 4.69) is 52.0 Å². The zero-order valence-electron chi connectivity index (χ0n) is 12.9. The minimum atomic E-state index is 0.457. The van der Waals surface area contributed by atoms with Crippen molar-refractivity contribution in [1.29, 1.82) is 0 Å². The molecule has 0 heterocycles. The lowest BCUT2D eigenvalue weighted by Gasteiger charge is -2.23. The van der Waals surface area contributed by atoms with Crippen molar-refractivity contribution in [1.82, 2.24) is 0 Å². The molecule has 0 aliphatic heterocycles. The molecule has 0 aromatic heterocycles. The molecule has 2 heteroatoms. The number of ether oxygens (including phenoxy) is 1. The van der Waals surface area contributed by atoms with E-state index in [4.69, 9.17) is 10.5 Å². The van der Waals surface area contributed by atoms with E-state index in [0.717, 1.165) is 12.4 Å². The van der Waals surface area contributed by atoms with E-state index in [0.29, 0.717) is 24.3 Å². The van der Waals surface area contributed by atoms with Crippen LogP contribution in [0.3, 0.4) is 0 Å². The summed E-state index contributed by atoms with van der Waals surface area (Å²) < 4.78 is 5.71. The second-order valence-electron chi connectivity index (χ2n) is 5.88. The Morgan fingerprint density at radius 3 is 2.21 bits per heavy atom. The first-order chi connectivity index (χ1) is 9.08. The Bertz CT molecular complexity index is 345. The van der Waals surface area contributed by atoms with Crippen molar-refractivity contribution in [2.24, 2.45) is 17.6 Å². The largest absolute Gasteiger partial charge is 0.493 e. The predicted octanol–water partition coefficient (Wildman–Crippen LogP) is 4.20. The van der Waals surface area contributed by atoms with Gasteiger partial charge in [0.2, 0.25) is 0 Å². The van der Waals surface area contributed by atoms with E-state index in [1.165, 1.54) is 18.4 Å². The van der Waals surface area contributed by atoms with E-state index in [1.54, 1.807) is 0 Å². The summed E-state index contributed by atoms with van der Waals surface area (Å²) in [7, 11) is 0. The van der Waals surface area contributed by atoms with Crippen LogP contribution in [0.25, 0.3) is 0 Å². The molecule has 0 fully saturated rings. The molecule has 2 nitrogen and oxygen atoms in total. The summed E-state index contributed by atoms with van der Waals surface area (Å²) in [5.41, 5.74) is 7.27. The second kappa shape index (κ2) is 8.21. The molecule has 108 valence electrons. The molecule has 0 radical (unpaired) electrons. The van der Waals surface area contributed by atoms with E-state index in [-0.39, 0.29) is 0 Å². The molecule has 0 saturated carbocycles. The fourth-order valence-corrected chi connectivity index (χ4v) is 2.43. The van der Waals surface area contributed by atoms with E-state index in [1.807, 2.05) is 0 Å². The number of nitrogens with two attached hydrogens (primary N) is 1. The normalized spacial score (nSPS) is 14.4. The van der Waals surface area contributed by atoms with Crippen LogP contribution in [0, 0.1) is 11.8 Å². The number of hydrogen-bond donors (Lipinski definition) is 1. The zero-order valence-corrected chi connectivity index (χ0v) is 12.9. The minimum Gasteiger partial charge on any atom is -0.493 e. The van der Waals surface area contributed by atoms with Gasteiger partial charge in [-0.25, -0.2) is 0 Å². The van der Waals surface area contributed by atoms with Gasteiger partial charge in [0, 0.05) is 0 Å². The van der Waals surface area contributed by atoms with Crippen molar-refractivity contribution in [3.05, 3.63) is 29.8 Å². The summed E-state index contributed by atoms with van der Waals surface area (Å²) in [6.45, 7) is 10.3. The molecule has 0 aliphatic carbocycles. The Morgan fingerprint density at radius 2 is 1.74 bits per heavy atom. The van der Waals surface area contributed by atoms with Gasteiger partial charge in [-0.3, -0.25) is 0 Å². The van der Waals surface area contributed by atoms with Crippen LogP contribution in [0.5, 0.6) is 5.75 Å². The van der Waals surface area contributed by atoms with Crippen molar-refractivity contribution in [3.63, 3.8) is 0 Å². The third kappa shape index (κ3) is 5.23. The summed E-state index contributed by atoms with van der Waals surface area (Å²) in [6, 6.07) is 8.47. The maximum absolute atomic E-state index is 5.94. The smallest absolute Gasteiger partial charge is 0.119 e. The molecule has 0 amide bonds. The fourth-order valence-electron chi connectivity index (χ4n) is 2.43. The number of benzene rings is 1. The molecule has 19 heavy (non-hydrogen) atoms. The van der Waals surface area contributed by atoms with Crippen LogP contribution in [-0.2, 0) is 0 Å². The Morgan fingerprint density at radius 1 is 1.11 bits per heavy atom. The molecule has 2 unspecified atom stereocenters. The minimum absolute atomic E-state index is 0.457. The third-order valence-corrected chi connectivity index (χ3v) is 3.58. The third-order valence-electron chi connectivity index (χ3n) is 3.58. The van der Waals surface area contributed by atoms with Gasteiger partial charge in [-0.05, 0) is 42.0 Å². The van der Waals surface area contributed by atoms with Gasteiger partial charge >= 0.3 is 0 Å². The van der Waals surface area contributed by atoms with Gasteiger partial charge in [0.1, 0.15) is 5.75 Å². The lowest BCUT2D eigenvalue weighted by molar-refractivity contribution is 0.271. The van der Waals surface area contributed by atoms with Crippen molar-refractivity contribution < 1.29 is 4.74 Å². The average Bonchev–Trinajstić information content (AvgIpc) is 2.39. The molecule has 0 spiro atoms. The van der Waals surface area contributed by atoms with Gasteiger partial charge in [-0.2, -0.15) is 0 Å². The monoisotopic (exact) mass is 263 g/mol. The van der Waals surface area contributed by atoms with Crippen LogP contribution < -0.4 is 10.5 Å². The highest BCUT2D eigenvalue weighted by Gasteiger charge is 2.17. The summed E-state index contributed by atoms with van der Waals surface area (Å²) in [6.07, 6.45) is 2.45. The average molecular weight is 263 g/mol. The first kappa shape index (κ1) is 16.0. The molecule has 2 atom stereocenters.